The molecule has 1 aromatic rings. The largest absolute Gasteiger partial charge is 0.496 e. The number of methoxy groups -OCH3 is 1. The highest BCUT2D eigenvalue weighted by atomic mass is 16.5. The highest BCUT2D eigenvalue weighted by Gasteiger charge is 2.20. The molecule has 0 unspecified atom stereocenters. The third-order valence-electron chi connectivity index (χ3n) is 2.81. The van der Waals surface area contributed by atoms with Gasteiger partial charge in [0.05, 0.1) is 13.5 Å². The van der Waals surface area contributed by atoms with Gasteiger partial charge in [0.15, 0.2) is 0 Å². The van der Waals surface area contributed by atoms with Crippen LogP contribution in [0.3, 0.4) is 0 Å². The predicted octanol–water partition coefficient (Wildman–Crippen LogP) is 2.93. The van der Waals surface area contributed by atoms with Crippen LogP contribution in [0.1, 0.15) is 37.5 Å². The summed E-state index contributed by atoms with van der Waals surface area (Å²) in [6, 6.07) is 3.86. The van der Waals surface area contributed by atoms with E-state index in [-0.39, 0.29) is 11.8 Å². The molecule has 0 aromatic heterocycles. The number of carboxylic acid groups (broad SMARTS) is 1. The van der Waals surface area contributed by atoms with Gasteiger partial charge in [-0.2, -0.15) is 0 Å². The molecule has 0 aliphatic heterocycles. The molecule has 0 atom stereocenters. The molecule has 1 aromatic carbocycles. The van der Waals surface area contributed by atoms with E-state index in [0.717, 1.165) is 22.4 Å². The average molecular weight is 236 g/mol. The van der Waals surface area contributed by atoms with Gasteiger partial charge in [0, 0.05) is 0 Å². The molecular formula is C14H20O3. The Morgan fingerprint density at radius 2 is 1.94 bits per heavy atom. The Hall–Kier alpha value is -1.51. The number of aliphatic carboxylic acids is 1. The minimum absolute atomic E-state index is 0.0160. The summed E-state index contributed by atoms with van der Waals surface area (Å²) in [6.07, 6.45) is 0.0343. The normalized spacial score (nSPS) is 11.4. The first-order chi connectivity index (χ1) is 7.75. The molecule has 0 amide bonds. The van der Waals surface area contributed by atoms with Crippen molar-refractivity contribution in [2.45, 2.75) is 39.5 Å². The van der Waals surface area contributed by atoms with Gasteiger partial charge >= 0.3 is 5.97 Å². The third-order valence-corrected chi connectivity index (χ3v) is 2.81. The fraction of sp³-hybridized carbons (Fsp3) is 0.500. The average Bonchev–Trinajstić information content (AvgIpc) is 2.18. The summed E-state index contributed by atoms with van der Waals surface area (Å²) in [5, 5.41) is 8.84. The molecule has 0 saturated carbocycles. The van der Waals surface area contributed by atoms with Crippen molar-refractivity contribution in [2.24, 2.45) is 0 Å². The Morgan fingerprint density at radius 1 is 1.35 bits per heavy atom. The zero-order valence-corrected chi connectivity index (χ0v) is 11.1. The molecule has 3 nitrogen and oxygen atoms in total. The number of rotatable bonds is 3. The van der Waals surface area contributed by atoms with Gasteiger partial charge in [-0.25, -0.2) is 0 Å². The van der Waals surface area contributed by atoms with E-state index in [2.05, 4.69) is 20.8 Å². The number of carbonyl (C=O) groups is 1. The maximum atomic E-state index is 10.8. The molecule has 0 spiro atoms. The van der Waals surface area contributed by atoms with Crippen molar-refractivity contribution >= 4 is 5.97 Å². The smallest absolute Gasteiger partial charge is 0.307 e. The molecule has 0 fully saturated rings. The fourth-order valence-electron chi connectivity index (χ4n) is 1.84. The quantitative estimate of drug-likeness (QED) is 0.877. The summed E-state index contributed by atoms with van der Waals surface area (Å²) in [6.45, 7) is 8.27. The van der Waals surface area contributed by atoms with Crippen LogP contribution in [0.25, 0.3) is 0 Å². The lowest BCUT2D eigenvalue weighted by atomic mass is 9.84. The first-order valence-corrected chi connectivity index (χ1v) is 5.65. The van der Waals surface area contributed by atoms with E-state index in [1.165, 1.54) is 0 Å². The fourth-order valence-corrected chi connectivity index (χ4v) is 1.84. The van der Waals surface area contributed by atoms with Crippen LogP contribution >= 0.6 is 0 Å². The number of benzene rings is 1. The minimum atomic E-state index is -0.821. The molecule has 1 N–H and O–H groups in total. The van der Waals surface area contributed by atoms with Gasteiger partial charge in [0.25, 0.3) is 0 Å². The molecule has 0 radical (unpaired) electrons. The standard InChI is InChI=1S/C14H20O3/c1-9-6-11(14(2,3)4)12(17-5)7-10(9)8-13(15)16/h6-7H,8H2,1-5H3,(H,15,16). The number of carboxylic acids is 1. The number of ether oxygens (including phenoxy) is 1. The predicted molar refractivity (Wildman–Crippen MR) is 67.8 cm³/mol. The Labute approximate surface area is 102 Å². The van der Waals surface area contributed by atoms with Gasteiger partial charge in [0.2, 0.25) is 0 Å². The minimum Gasteiger partial charge on any atom is -0.496 e. The molecule has 3 heteroatoms. The van der Waals surface area contributed by atoms with E-state index < -0.39 is 5.97 Å². The van der Waals surface area contributed by atoms with Gasteiger partial charge in [0.1, 0.15) is 5.75 Å². The zero-order valence-electron chi connectivity index (χ0n) is 11.1. The van der Waals surface area contributed by atoms with E-state index in [4.69, 9.17) is 9.84 Å². The van der Waals surface area contributed by atoms with Gasteiger partial charge in [-0.3, -0.25) is 4.79 Å². The van der Waals surface area contributed by atoms with Crippen molar-refractivity contribution in [3.63, 3.8) is 0 Å². The van der Waals surface area contributed by atoms with Gasteiger partial charge < -0.3 is 9.84 Å². The Bertz CT molecular complexity index is 428. The maximum absolute atomic E-state index is 10.8. The van der Waals surface area contributed by atoms with Crippen LogP contribution in [0, 0.1) is 6.92 Å². The maximum Gasteiger partial charge on any atom is 0.307 e. The molecule has 17 heavy (non-hydrogen) atoms. The van der Waals surface area contributed by atoms with E-state index >= 15 is 0 Å². The Kier molecular flexibility index (Phi) is 3.81. The summed E-state index contributed by atoms with van der Waals surface area (Å²) < 4.78 is 5.36. The van der Waals surface area contributed by atoms with Crippen LogP contribution < -0.4 is 4.74 Å². The highest BCUT2D eigenvalue weighted by Crippen LogP contribution is 2.33. The van der Waals surface area contributed by atoms with Crippen LogP contribution in [-0.4, -0.2) is 18.2 Å². The third kappa shape index (κ3) is 3.22. The highest BCUT2D eigenvalue weighted by molar-refractivity contribution is 5.71. The van der Waals surface area contributed by atoms with E-state index in [1.54, 1.807) is 7.11 Å². The lowest BCUT2D eigenvalue weighted by Gasteiger charge is -2.23. The second kappa shape index (κ2) is 4.78. The van der Waals surface area contributed by atoms with Crippen molar-refractivity contribution in [3.8, 4) is 5.75 Å². The summed E-state index contributed by atoms with van der Waals surface area (Å²) in [4.78, 5) is 10.8. The number of hydrogen-bond donors (Lipinski definition) is 1. The molecule has 0 heterocycles. The molecule has 94 valence electrons. The second-order valence-electron chi connectivity index (χ2n) is 5.30. The topological polar surface area (TPSA) is 46.5 Å². The SMILES string of the molecule is COc1cc(CC(=O)O)c(C)cc1C(C)(C)C. The molecule has 0 saturated heterocycles. The second-order valence-corrected chi connectivity index (χ2v) is 5.30. The first kappa shape index (κ1) is 13.6. The van der Waals surface area contributed by atoms with Crippen LogP contribution in [0.4, 0.5) is 0 Å². The van der Waals surface area contributed by atoms with Crippen molar-refractivity contribution in [1.29, 1.82) is 0 Å². The Morgan fingerprint density at radius 3 is 2.35 bits per heavy atom. The zero-order chi connectivity index (χ0) is 13.2. The van der Waals surface area contributed by atoms with Crippen LogP contribution in [0.2, 0.25) is 0 Å². The van der Waals surface area contributed by atoms with Gasteiger partial charge in [-0.1, -0.05) is 26.8 Å². The molecule has 0 bridgehead atoms. The van der Waals surface area contributed by atoms with Gasteiger partial charge in [-0.15, -0.1) is 0 Å². The number of hydrogen-bond acceptors (Lipinski definition) is 2. The van der Waals surface area contributed by atoms with Crippen molar-refractivity contribution in [2.75, 3.05) is 7.11 Å². The first-order valence-electron chi connectivity index (χ1n) is 5.65. The van der Waals surface area contributed by atoms with E-state index in [0.29, 0.717) is 0 Å². The van der Waals surface area contributed by atoms with Gasteiger partial charge in [-0.05, 0) is 35.1 Å². The number of aryl methyl sites for hydroxylation is 1. The van der Waals surface area contributed by atoms with Crippen LogP contribution in [0.5, 0.6) is 5.75 Å². The van der Waals surface area contributed by atoms with Crippen molar-refractivity contribution in [3.05, 3.63) is 28.8 Å². The molecule has 0 aliphatic rings. The van der Waals surface area contributed by atoms with Crippen molar-refractivity contribution in [1.82, 2.24) is 0 Å². The summed E-state index contributed by atoms with van der Waals surface area (Å²) in [5.41, 5.74) is 2.89. The van der Waals surface area contributed by atoms with E-state index in [9.17, 15) is 4.79 Å². The lowest BCUT2D eigenvalue weighted by Crippen LogP contribution is -2.14. The summed E-state index contributed by atoms with van der Waals surface area (Å²) in [5.74, 6) is -0.0574. The monoisotopic (exact) mass is 236 g/mol. The summed E-state index contributed by atoms with van der Waals surface area (Å²) in [7, 11) is 1.62. The van der Waals surface area contributed by atoms with Crippen LogP contribution in [0.15, 0.2) is 12.1 Å². The van der Waals surface area contributed by atoms with E-state index in [1.807, 2.05) is 19.1 Å². The van der Waals surface area contributed by atoms with Crippen molar-refractivity contribution < 1.29 is 14.6 Å². The summed E-state index contributed by atoms with van der Waals surface area (Å²) >= 11 is 0. The van der Waals surface area contributed by atoms with Crippen LogP contribution in [-0.2, 0) is 16.6 Å². The molecular weight excluding hydrogens is 216 g/mol. The lowest BCUT2D eigenvalue weighted by molar-refractivity contribution is -0.136. The molecule has 1 rings (SSSR count). The Balaban J connectivity index is 3.29. The molecule has 0 aliphatic carbocycles.